The molecular weight excluding hydrogens is 475 g/mol. The number of alkyl halides is 9. The van der Waals surface area contributed by atoms with Gasteiger partial charge in [-0.3, -0.25) is 0 Å². The molecule has 0 N–H and O–H groups in total. The number of rotatable bonds is 7. The van der Waals surface area contributed by atoms with Crippen molar-refractivity contribution in [2.24, 2.45) is 0 Å². The minimum absolute atomic E-state index is 0.236. The summed E-state index contributed by atoms with van der Waals surface area (Å²) in [5.41, 5.74) is 1.30. The third-order valence-corrected chi connectivity index (χ3v) is 5.95. The largest absolute Gasteiger partial charge is 0.460 e. The van der Waals surface area contributed by atoms with Crippen LogP contribution in [0.4, 0.5) is 39.5 Å². The quantitative estimate of drug-likeness (QED) is 0.350. The van der Waals surface area contributed by atoms with E-state index in [4.69, 9.17) is 0 Å². The molecule has 0 bridgehead atoms. The Kier molecular flexibility index (Phi) is 6.46. The monoisotopic (exact) mass is 484 g/mol. The van der Waals surface area contributed by atoms with Gasteiger partial charge in [-0.2, -0.15) is 51.6 Å². The van der Waals surface area contributed by atoms with Gasteiger partial charge in [0.1, 0.15) is 0 Å². The maximum atomic E-state index is 13.5. The second kappa shape index (κ2) is 7.96. The molecular formula is C16H9F9O3S2. The van der Waals surface area contributed by atoms with Gasteiger partial charge in [-0.25, -0.2) is 0 Å². The SMILES string of the molecule is O=S(=O)(OSc1ccc(-c2ccccc2)cc1)C(F)(F)C(F)(F)C(F)(F)C(F)(F)F. The molecule has 0 amide bonds. The van der Waals surface area contributed by atoms with Crippen molar-refractivity contribution in [3.05, 3.63) is 54.6 Å². The van der Waals surface area contributed by atoms with Crippen LogP contribution >= 0.6 is 12.0 Å². The fraction of sp³-hybridized carbons (Fsp3) is 0.250. The molecule has 0 saturated heterocycles. The highest BCUT2D eigenvalue weighted by Crippen LogP contribution is 2.55. The number of halogens is 9. The van der Waals surface area contributed by atoms with Crippen LogP contribution in [0.3, 0.4) is 0 Å². The van der Waals surface area contributed by atoms with Crippen LogP contribution in [-0.2, 0) is 13.7 Å². The van der Waals surface area contributed by atoms with Crippen molar-refractivity contribution in [1.82, 2.24) is 0 Å². The highest BCUT2D eigenvalue weighted by Gasteiger charge is 2.85. The zero-order valence-electron chi connectivity index (χ0n) is 14.1. The molecule has 2 aromatic rings. The molecule has 0 heterocycles. The maximum absolute atomic E-state index is 13.5. The van der Waals surface area contributed by atoms with Gasteiger partial charge in [0.15, 0.2) is 0 Å². The summed E-state index contributed by atoms with van der Waals surface area (Å²) in [5, 5.41) is -6.89. The van der Waals surface area contributed by atoms with E-state index < -0.39 is 45.4 Å². The standard InChI is InChI=1S/C16H9F9O3S2/c17-13(18,15(21,22)23)14(19,20)16(24,25)30(26,27)28-29-12-8-6-11(7-9-12)10-4-2-1-3-5-10/h1-9H. The molecule has 14 heteroatoms. The lowest BCUT2D eigenvalue weighted by atomic mass is 10.1. The van der Waals surface area contributed by atoms with Crippen LogP contribution in [0.2, 0.25) is 0 Å². The number of hydrogen-bond acceptors (Lipinski definition) is 4. The van der Waals surface area contributed by atoms with E-state index in [0.29, 0.717) is 11.1 Å². The van der Waals surface area contributed by atoms with Crippen molar-refractivity contribution in [2.45, 2.75) is 28.2 Å². The van der Waals surface area contributed by atoms with Gasteiger partial charge in [0, 0.05) is 16.9 Å². The predicted molar refractivity (Wildman–Crippen MR) is 88.6 cm³/mol. The molecule has 0 aromatic heterocycles. The van der Waals surface area contributed by atoms with Gasteiger partial charge < -0.3 is 0 Å². The molecule has 0 aliphatic heterocycles. The lowest BCUT2D eigenvalue weighted by Crippen LogP contribution is -2.63. The van der Waals surface area contributed by atoms with Crippen LogP contribution in [0, 0.1) is 0 Å². The molecule has 0 spiro atoms. The van der Waals surface area contributed by atoms with E-state index in [1.165, 1.54) is 12.1 Å². The van der Waals surface area contributed by atoms with Gasteiger partial charge in [0.05, 0.1) is 0 Å². The first-order chi connectivity index (χ1) is 13.5. The summed E-state index contributed by atoms with van der Waals surface area (Å²) in [5.74, 6) is -14.7. The summed E-state index contributed by atoms with van der Waals surface area (Å²) in [6, 6.07) is 13.5. The summed E-state index contributed by atoms with van der Waals surface area (Å²) >= 11 is -0.435. The zero-order valence-corrected chi connectivity index (χ0v) is 15.8. The molecule has 0 fully saturated rings. The summed E-state index contributed by atoms with van der Waals surface area (Å²) in [6.07, 6.45) is -7.14. The molecule has 0 aliphatic carbocycles. The predicted octanol–water partition coefficient (Wildman–Crippen LogP) is 6.13. The molecule has 2 rings (SSSR count). The molecule has 2 aromatic carbocycles. The first-order valence-electron chi connectivity index (χ1n) is 7.51. The molecule has 3 nitrogen and oxygen atoms in total. The molecule has 0 unspecified atom stereocenters. The summed E-state index contributed by atoms with van der Waals surface area (Å²) in [6.45, 7) is 0. The third kappa shape index (κ3) is 4.25. The Labute approximate surface area is 168 Å². The smallest absolute Gasteiger partial charge is 0.192 e. The second-order valence-electron chi connectivity index (χ2n) is 5.66. The Bertz CT molecular complexity index is 973. The van der Waals surface area contributed by atoms with Crippen LogP contribution in [0.5, 0.6) is 0 Å². The van der Waals surface area contributed by atoms with Crippen molar-refractivity contribution in [1.29, 1.82) is 0 Å². The van der Waals surface area contributed by atoms with Crippen LogP contribution in [-0.4, -0.2) is 31.7 Å². The van der Waals surface area contributed by atoms with Crippen molar-refractivity contribution in [2.75, 3.05) is 0 Å². The van der Waals surface area contributed by atoms with E-state index in [-0.39, 0.29) is 4.90 Å². The summed E-state index contributed by atoms with van der Waals surface area (Å²) in [7, 11) is -6.92. The van der Waals surface area contributed by atoms with E-state index in [1.54, 1.807) is 30.3 Å². The van der Waals surface area contributed by atoms with Crippen LogP contribution < -0.4 is 0 Å². The Morgan fingerprint density at radius 2 is 1.13 bits per heavy atom. The lowest BCUT2D eigenvalue weighted by molar-refractivity contribution is -0.382. The Balaban J connectivity index is 2.21. The average Bonchev–Trinajstić information content (AvgIpc) is 2.66. The number of hydrogen-bond donors (Lipinski definition) is 0. The molecule has 166 valence electrons. The molecule has 0 aliphatic rings. The van der Waals surface area contributed by atoms with Gasteiger partial charge >= 0.3 is 33.4 Å². The molecule has 0 saturated carbocycles. The van der Waals surface area contributed by atoms with Gasteiger partial charge in [-0.05, 0) is 23.3 Å². The fourth-order valence-corrected chi connectivity index (χ4v) is 3.68. The Hall–Kier alpha value is -1.93. The summed E-state index contributed by atoms with van der Waals surface area (Å²) in [4.78, 5) is -0.236. The minimum atomic E-state index is -7.35. The van der Waals surface area contributed by atoms with Crippen LogP contribution in [0.25, 0.3) is 11.1 Å². The van der Waals surface area contributed by atoms with Crippen molar-refractivity contribution >= 4 is 22.2 Å². The Morgan fingerprint density at radius 3 is 1.60 bits per heavy atom. The molecule has 0 radical (unpaired) electrons. The van der Waals surface area contributed by atoms with Gasteiger partial charge in [-0.15, -0.1) is 0 Å². The lowest BCUT2D eigenvalue weighted by Gasteiger charge is -2.32. The van der Waals surface area contributed by atoms with Crippen molar-refractivity contribution in [3.63, 3.8) is 0 Å². The first kappa shape index (κ1) is 24.3. The third-order valence-electron chi connectivity index (χ3n) is 3.61. The number of benzene rings is 2. The van der Waals surface area contributed by atoms with Crippen LogP contribution in [0.15, 0.2) is 59.5 Å². The first-order valence-corrected chi connectivity index (χ1v) is 9.66. The fourth-order valence-electron chi connectivity index (χ4n) is 1.98. The normalized spacial score (nSPS) is 14.0. The molecule has 30 heavy (non-hydrogen) atoms. The van der Waals surface area contributed by atoms with Crippen molar-refractivity contribution in [3.8, 4) is 11.1 Å². The maximum Gasteiger partial charge on any atom is 0.460 e. The molecule has 0 atom stereocenters. The van der Waals surface area contributed by atoms with E-state index in [1.807, 2.05) is 0 Å². The zero-order chi connectivity index (χ0) is 23.0. The van der Waals surface area contributed by atoms with Crippen LogP contribution in [0.1, 0.15) is 0 Å². The van der Waals surface area contributed by atoms with E-state index in [2.05, 4.69) is 3.63 Å². The highest BCUT2D eigenvalue weighted by atomic mass is 32.3. The summed E-state index contributed by atoms with van der Waals surface area (Å²) < 4.78 is 142. The van der Waals surface area contributed by atoms with E-state index in [9.17, 15) is 47.9 Å². The highest BCUT2D eigenvalue weighted by molar-refractivity contribution is 8.04. The van der Waals surface area contributed by atoms with Gasteiger partial charge in [0.25, 0.3) is 0 Å². The average molecular weight is 484 g/mol. The van der Waals surface area contributed by atoms with Gasteiger partial charge in [0.2, 0.25) is 0 Å². The second-order valence-corrected chi connectivity index (χ2v) is 8.26. The van der Waals surface area contributed by atoms with Gasteiger partial charge in [-0.1, -0.05) is 42.5 Å². The topological polar surface area (TPSA) is 43.4 Å². The van der Waals surface area contributed by atoms with E-state index in [0.717, 1.165) is 12.1 Å². The minimum Gasteiger partial charge on any atom is -0.192 e. The Morgan fingerprint density at radius 1 is 0.667 bits per heavy atom. The van der Waals surface area contributed by atoms with Crippen molar-refractivity contribution < 1.29 is 51.6 Å². The van der Waals surface area contributed by atoms with E-state index >= 15 is 0 Å².